The van der Waals surface area contributed by atoms with Crippen LogP contribution in [-0.2, 0) is 27.5 Å². The Balaban J connectivity index is -0.000000111. The molecule has 0 aliphatic heterocycles. The summed E-state index contributed by atoms with van der Waals surface area (Å²) in [4.78, 5) is 11.7. The molecule has 0 heterocycles. The van der Waals surface area contributed by atoms with Crippen LogP contribution in [0.1, 0.15) is 0 Å². The third-order valence-corrected chi connectivity index (χ3v) is 0.994. The SMILES string of the molecule is C[NH+]=C(N)/N=C(/[NH-])N.C[NH+]=C(N)/N=C(/[NH-])N.O=S(=O)([O-])[O-].[Cu+2]. The van der Waals surface area contributed by atoms with Crippen LogP contribution in [-0.4, -0.2) is 55.5 Å². The van der Waals surface area contributed by atoms with Crippen molar-refractivity contribution in [1.29, 1.82) is 0 Å². The molecule has 0 aliphatic carbocycles. The zero-order valence-corrected chi connectivity index (χ0v) is 13.3. The molecule has 1 radical (unpaired) electrons. The molecule has 0 aromatic heterocycles. The van der Waals surface area contributed by atoms with E-state index in [2.05, 4.69) is 20.0 Å². The fraction of sp³-hybridized carbons (Fsp3) is 0.333. The van der Waals surface area contributed by atoms with Crippen LogP contribution < -0.4 is 32.9 Å². The number of nitrogens with one attached hydrogen (secondary N) is 4. The number of aliphatic imine (C=N–C) groups is 2. The molecule has 12 N–H and O–H groups in total. The van der Waals surface area contributed by atoms with E-state index in [1.807, 2.05) is 0 Å². The smallest absolute Gasteiger partial charge is 0.759 e. The van der Waals surface area contributed by atoms with Crippen LogP contribution in [0.3, 0.4) is 0 Å². The Labute approximate surface area is 137 Å². The second kappa shape index (κ2) is 15.3. The third kappa shape index (κ3) is 52.2. The van der Waals surface area contributed by atoms with Crippen molar-refractivity contribution in [1.82, 2.24) is 0 Å². The summed E-state index contributed by atoms with van der Waals surface area (Å²) in [6, 6.07) is 0. The standard InChI is InChI=1S/2C3H8N5.Cu.H2O4S/c2*1-7-3(6)8-2(4)5;;1-5(2,3)4/h2*1H3,(H5-,4,5,6,7,8);;(H2,1,2,3,4)/q2*-1;+2;. The molecule has 0 saturated carbocycles. The van der Waals surface area contributed by atoms with Crippen LogP contribution in [0.25, 0.3) is 11.5 Å². The van der Waals surface area contributed by atoms with E-state index in [1.165, 1.54) is 0 Å². The van der Waals surface area contributed by atoms with Gasteiger partial charge in [0.2, 0.25) is 11.9 Å². The number of nitrogens with zero attached hydrogens (tertiary/aromatic N) is 2. The second-order valence-corrected chi connectivity index (χ2v) is 3.49. The molecule has 0 aromatic rings. The average molecular weight is 390 g/mol. The predicted octanol–water partition coefficient (Wildman–Crippen LogP) is -6.58. The average Bonchev–Trinajstić information content (AvgIpc) is 2.25. The van der Waals surface area contributed by atoms with E-state index in [4.69, 9.17) is 51.9 Å². The van der Waals surface area contributed by atoms with Crippen LogP contribution in [0.5, 0.6) is 0 Å². The Kier molecular flexibility index (Phi) is 19.5. The molecule has 0 aliphatic rings. The van der Waals surface area contributed by atoms with E-state index in [9.17, 15) is 0 Å². The van der Waals surface area contributed by atoms with Gasteiger partial charge in [-0.3, -0.25) is 8.42 Å². The molecular weight excluding hydrogens is 372 g/mol. The van der Waals surface area contributed by atoms with Crippen LogP contribution in [0.2, 0.25) is 0 Å². The molecule has 0 saturated heterocycles. The Morgan fingerprint density at radius 3 is 1.14 bits per heavy atom. The maximum Gasteiger partial charge on any atom is 2.00 e. The first-order chi connectivity index (χ1) is 9.33. The minimum absolute atomic E-state index is 0. The van der Waals surface area contributed by atoms with E-state index >= 15 is 0 Å². The molecule has 22 heavy (non-hydrogen) atoms. The monoisotopic (exact) mass is 389 g/mol. The molecule has 0 aromatic carbocycles. The Hall–Kier alpha value is -2.13. The van der Waals surface area contributed by atoms with Crippen molar-refractivity contribution < 1.29 is 44.6 Å². The summed E-state index contributed by atoms with van der Waals surface area (Å²) in [5, 5.41) is 0. The Morgan fingerprint density at radius 1 is 0.909 bits per heavy atom. The maximum absolute atomic E-state index is 8.52. The predicted molar refractivity (Wildman–Crippen MR) is 74.5 cm³/mol. The first-order valence-corrected chi connectivity index (χ1v) is 6.05. The van der Waals surface area contributed by atoms with Crippen LogP contribution >= 0.6 is 0 Å². The summed E-state index contributed by atoms with van der Waals surface area (Å²) in [5.41, 5.74) is 33.1. The molecule has 0 unspecified atom stereocenters. The number of rotatable bonds is 0. The molecule has 0 rings (SSSR count). The molecule has 0 atom stereocenters. The molecule has 0 spiro atoms. The Bertz CT molecular complexity index is 466. The molecular formula is C6H18CuN10O4S. The van der Waals surface area contributed by atoms with E-state index in [0.29, 0.717) is 0 Å². The first-order valence-electron chi connectivity index (χ1n) is 4.72. The van der Waals surface area contributed by atoms with Gasteiger partial charge >= 0.3 is 17.1 Å². The van der Waals surface area contributed by atoms with Gasteiger partial charge in [0.25, 0.3) is 0 Å². The summed E-state index contributed by atoms with van der Waals surface area (Å²) in [6.45, 7) is 0. The van der Waals surface area contributed by atoms with Gasteiger partial charge in [-0.1, -0.05) is 0 Å². The second-order valence-electron chi connectivity index (χ2n) is 2.67. The van der Waals surface area contributed by atoms with E-state index in [1.54, 1.807) is 14.1 Å². The van der Waals surface area contributed by atoms with Gasteiger partial charge in [-0.2, -0.15) is 0 Å². The van der Waals surface area contributed by atoms with Gasteiger partial charge in [-0.25, -0.2) is 0 Å². The topological polar surface area (TPSA) is 285 Å². The summed E-state index contributed by atoms with van der Waals surface area (Å²) in [5.74, 6) is -0.288. The molecule has 0 bridgehead atoms. The molecule has 16 heteroatoms. The van der Waals surface area contributed by atoms with Crippen molar-refractivity contribution in [3.8, 4) is 0 Å². The summed E-state index contributed by atoms with van der Waals surface area (Å²) in [7, 11) is -1.97. The van der Waals surface area contributed by atoms with Crippen molar-refractivity contribution in [2.45, 2.75) is 0 Å². The van der Waals surface area contributed by atoms with Crippen molar-refractivity contribution in [3.05, 3.63) is 11.5 Å². The number of nitrogens with two attached hydrogens (primary N) is 4. The van der Waals surface area contributed by atoms with Gasteiger partial charge < -0.3 is 63.5 Å². The zero-order chi connectivity index (χ0) is 17.6. The fourth-order valence-electron chi connectivity index (χ4n) is 0.371. The largest absolute Gasteiger partial charge is 2.00 e. The first kappa shape index (κ1) is 28.1. The van der Waals surface area contributed by atoms with E-state index < -0.39 is 10.4 Å². The normalized spacial score (nSPS) is 12.9. The number of hydrogen-bond donors (Lipinski definition) is 6. The maximum atomic E-state index is 8.52. The minimum Gasteiger partial charge on any atom is -0.759 e. The molecule has 0 amide bonds. The molecule has 0 fully saturated rings. The van der Waals surface area contributed by atoms with Gasteiger partial charge in [0, 0.05) is 22.3 Å². The van der Waals surface area contributed by atoms with Crippen molar-refractivity contribution in [2.24, 2.45) is 32.9 Å². The van der Waals surface area contributed by atoms with Gasteiger partial charge in [-0.15, -0.1) is 0 Å². The van der Waals surface area contributed by atoms with Gasteiger partial charge in [0.1, 0.15) is 0 Å². The molecule has 14 nitrogen and oxygen atoms in total. The number of guanidine groups is 4. The fourth-order valence-corrected chi connectivity index (χ4v) is 0.371. The van der Waals surface area contributed by atoms with Crippen molar-refractivity contribution in [3.63, 3.8) is 0 Å². The summed E-state index contributed by atoms with van der Waals surface area (Å²) in [6.07, 6.45) is 0. The number of hydrogen-bond acceptors (Lipinski definition) is 4. The van der Waals surface area contributed by atoms with E-state index in [0.717, 1.165) is 0 Å². The Morgan fingerprint density at radius 2 is 1.09 bits per heavy atom. The van der Waals surface area contributed by atoms with Crippen molar-refractivity contribution in [2.75, 3.05) is 14.1 Å². The van der Waals surface area contributed by atoms with Crippen molar-refractivity contribution >= 4 is 34.2 Å². The zero-order valence-electron chi connectivity index (χ0n) is 11.5. The summed E-state index contributed by atoms with van der Waals surface area (Å²) >= 11 is 0. The van der Waals surface area contributed by atoms with Crippen LogP contribution in [0, 0.1) is 0 Å². The minimum atomic E-state index is -5.17. The van der Waals surface area contributed by atoms with Crippen LogP contribution in [0.4, 0.5) is 0 Å². The summed E-state index contributed by atoms with van der Waals surface area (Å²) < 4.78 is 34.1. The quantitative estimate of drug-likeness (QED) is 0.0758. The van der Waals surface area contributed by atoms with E-state index in [-0.39, 0.29) is 40.9 Å². The van der Waals surface area contributed by atoms with Gasteiger partial charge in [-0.05, 0) is 0 Å². The molecule has 133 valence electrons. The third-order valence-electron chi connectivity index (χ3n) is 0.994. The van der Waals surface area contributed by atoms with Gasteiger partial charge in [0.15, 0.2) is 0 Å². The van der Waals surface area contributed by atoms with Gasteiger partial charge in [0.05, 0.1) is 14.1 Å². The van der Waals surface area contributed by atoms with Crippen LogP contribution in [0.15, 0.2) is 9.98 Å².